The lowest BCUT2D eigenvalue weighted by Gasteiger charge is -2.11. The lowest BCUT2D eigenvalue weighted by molar-refractivity contribution is -0.118. The third-order valence-corrected chi connectivity index (χ3v) is 2.53. The van der Waals surface area contributed by atoms with Crippen molar-refractivity contribution in [1.82, 2.24) is 0 Å². The number of anilines is 1. The van der Waals surface area contributed by atoms with Gasteiger partial charge < -0.3 is 14.8 Å². The fourth-order valence-corrected chi connectivity index (χ4v) is 1.48. The first-order chi connectivity index (χ1) is 8.65. The van der Waals surface area contributed by atoms with Crippen LogP contribution in [0.1, 0.15) is 13.3 Å². The summed E-state index contributed by atoms with van der Waals surface area (Å²) in [5.74, 6) is 0.161. The van der Waals surface area contributed by atoms with Crippen LogP contribution in [0.3, 0.4) is 0 Å². The molecule has 1 N–H and O–H groups in total. The number of benzene rings is 1. The van der Waals surface area contributed by atoms with Crippen LogP contribution in [0.5, 0.6) is 11.5 Å². The van der Waals surface area contributed by atoms with Gasteiger partial charge in [0.25, 0.3) is 0 Å². The molecule has 0 spiro atoms. The van der Waals surface area contributed by atoms with E-state index in [1.54, 1.807) is 32.2 Å². The first kappa shape index (κ1) is 13.8. The van der Waals surface area contributed by atoms with E-state index in [4.69, 9.17) is 14.7 Å². The highest BCUT2D eigenvalue weighted by Crippen LogP contribution is 2.29. The van der Waals surface area contributed by atoms with E-state index < -0.39 is 5.92 Å². The van der Waals surface area contributed by atoms with Gasteiger partial charge in [-0.15, -0.1) is 0 Å². The Hall–Kier alpha value is -2.22. The van der Waals surface area contributed by atoms with Gasteiger partial charge in [0.2, 0.25) is 5.91 Å². The molecule has 0 bridgehead atoms. The molecule has 0 aliphatic carbocycles. The zero-order valence-electron chi connectivity index (χ0n) is 10.7. The van der Waals surface area contributed by atoms with Gasteiger partial charge in [0, 0.05) is 11.8 Å². The minimum atomic E-state index is -0.641. The summed E-state index contributed by atoms with van der Waals surface area (Å²) in [4.78, 5) is 11.7. The van der Waals surface area contributed by atoms with Gasteiger partial charge in [-0.3, -0.25) is 4.79 Å². The Morgan fingerprint density at radius 2 is 2.06 bits per heavy atom. The van der Waals surface area contributed by atoms with Crippen molar-refractivity contribution < 1.29 is 14.3 Å². The van der Waals surface area contributed by atoms with E-state index in [-0.39, 0.29) is 5.91 Å². The molecule has 0 heterocycles. The van der Waals surface area contributed by atoms with Gasteiger partial charge in [-0.1, -0.05) is 6.92 Å². The lowest BCUT2D eigenvalue weighted by Crippen LogP contribution is -2.20. The number of hydrogen-bond acceptors (Lipinski definition) is 4. The second kappa shape index (κ2) is 6.50. The zero-order valence-corrected chi connectivity index (χ0v) is 10.7. The second-order valence-electron chi connectivity index (χ2n) is 3.65. The van der Waals surface area contributed by atoms with Crippen LogP contribution >= 0.6 is 0 Å². The predicted octanol–water partition coefficient (Wildman–Crippen LogP) is 2.19. The summed E-state index contributed by atoms with van der Waals surface area (Å²) in [5.41, 5.74) is 0.575. The maximum absolute atomic E-state index is 11.7. The smallest absolute Gasteiger partial charge is 0.241 e. The molecule has 1 rings (SSSR count). The van der Waals surface area contributed by atoms with Crippen LogP contribution in [0.25, 0.3) is 0 Å². The van der Waals surface area contributed by atoms with Gasteiger partial charge in [0.05, 0.1) is 20.3 Å². The third kappa shape index (κ3) is 3.14. The molecule has 0 saturated heterocycles. The molecule has 1 amide bonds. The number of amides is 1. The van der Waals surface area contributed by atoms with Gasteiger partial charge in [-0.2, -0.15) is 5.26 Å². The van der Waals surface area contributed by atoms with Crippen LogP contribution in [0.2, 0.25) is 0 Å². The van der Waals surface area contributed by atoms with Crippen molar-refractivity contribution in [3.8, 4) is 17.6 Å². The fourth-order valence-electron chi connectivity index (χ4n) is 1.48. The van der Waals surface area contributed by atoms with E-state index in [1.807, 2.05) is 6.07 Å². The van der Waals surface area contributed by atoms with Crippen molar-refractivity contribution in [3.63, 3.8) is 0 Å². The summed E-state index contributed by atoms with van der Waals surface area (Å²) in [5, 5.41) is 11.5. The molecule has 0 saturated carbocycles. The van der Waals surface area contributed by atoms with Gasteiger partial charge >= 0.3 is 0 Å². The van der Waals surface area contributed by atoms with Gasteiger partial charge in [-0.25, -0.2) is 0 Å². The molecule has 5 heteroatoms. The predicted molar refractivity (Wildman–Crippen MR) is 67.6 cm³/mol. The second-order valence-corrected chi connectivity index (χ2v) is 3.65. The number of hydrogen-bond donors (Lipinski definition) is 1. The highest BCUT2D eigenvalue weighted by atomic mass is 16.5. The first-order valence-electron chi connectivity index (χ1n) is 5.58. The molecule has 0 radical (unpaired) electrons. The van der Waals surface area contributed by atoms with Crippen LogP contribution in [0.4, 0.5) is 5.69 Å². The molecule has 1 aromatic carbocycles. The molecule has 96 valence electrons. The summed E-state index contributed by atoms with van der Waals surface area (Å²) in [6.45, 7) is 1.79. The summed E-state index contributed by atoms with van der Waals surface area (Å²) >= 11 is 0. The average Bonchev–Trinajstić information content (AvgIpc) is 2.40. The Balaban J connectivity index is 2.86. The molecular weight excluding hydrogens is 232 g/mol. The topological polar surface area (TPSA) is 71.4 Å². The molecule has 0 aliphatic rings. The summed E-state index contributed by atoms with van der Waals surface area (Å²) in [6.07, 6.45) is 0.482. The highest BCUT2D eigenvalue weighted by molar-refractivity contribution is 5.94. The zero-order chi connectivity index (χ0) is 13.5. The summed E-state index contributed by atoms with van der Waals surface area (Å²) < 4.78 is 10.2. The van der Waals surface area contributed by atoms with Crippen LogP contribution in [-0.2, 0) is 4.79 Å². The first-order valence-corrected chi connectivity index (χ1v) is 5.58. The van der Waals surface area contributed by atoms with E-state index in [0.717, 1.165) is 0 Å². The van der Waals surface area contributed by atoms with Crippen molar-refractivity contribution in [2.75, 3.05) is 19.5 Å². The quantitative estimate of drug-likeness (QED) is 0.867. The minimum absolute atomic E-state index is 0.313. The van der Waals surface area contributed by atoms with Crippen molar-refractivity contribution >= 4 is 11.6 Å². The SMILES string of the molecule is CCC(C#N)C(=O)Nc1ccc(OC)c(OC)c1. The molecule has 5 nitrogen and oxygen atoms in total. The van der Waals surface area contributed by atoms with E-state index in [0.29, 0.717) is 23.6 Å². The van der Waals surface area contributed by atoms with Crippen LogP contribution in [0, 0.1) is 17.2 Å². The third-order valence-electron chi connectivity index (χ3n) is 2.53. The fraction of sp³-hybridized carbons (Fsp3) is 0.385. The van der Waals surface area contributed by atoms with Crippen molar-refractivity contribution in [2.24, 2.45) is 5.92 Å². The number of ether oxygens (including phenoxy) is 2. The van der Waals surface area contributed by atoms with E-state index >= 15 is 0 Å². The molecule has 0 aliphatic heterocycles. The van der Waals surface area contributed by atoms with Crippen molar-refractivity contribution in [2.45, 2.75) is 13.3 Å². The monoisotopic (exact) mass is 248 g/mol. The molecule has 18 heavy (non-hydrogen) atoms. The number of methoxy groups -OCH3 is 2. The Morgan fingerprint density at radius 3 is 2.56 bits per heavy atom. The van der Waals surface area contributed by atoms with Gasteiger partial charge in [-0.05, 0) is 18.6 Å². The maximum Gasteiger partial charge on any atom is 0.241 e. The average molecular weight is 248 g/mol. The van der Waals surface area contributed by atoms with Gasteiger partial charge in [0.15, 0.2) is 11.5 Å². The number of rotatable bonds is 5. The number of nitrogens with zero attached hydrogens (tertiary/aromatic N) is 1. The van der Waals surface area contributed by atoms with Gasteiger partial charge in [0.1, 0.15) is 5.92 Å². The van der Waals surface area contributed by atoms with E-state index in [1.165, 1.54) is 7.11 Å². The number of carbonyl (C=O) groups is 1. The normalized spacial score (nSPS) is 11.2. The molecule has 1 unspecified atom stereocenters. The maximum atomic E-state index is 11.7. The largest absolute Gasteiger partial charge is 0.493 e. The van der Waals surface area contributed by atoms with Crippen LogP contribution in [0.15, 0.2) is 18.2 Å². The molecule has 0 fully saturated rings. The Kier molecular flexibility index (Phi) is 5.00. The summed E-state index contributed by atoms with van der Waals surface area (Å²) in [6, 6.07) is 7.00. The highest BCUT2D eigenvalue weighted by Gasteiger charge is 2.16. The molecule has 0 aromatic heterocycles. The number of nitrogens with one attached hydrogen (secondary N) is 1. The van der Waals surface area contributed by atoms with Crippen LogP contribution < -0.4 is 14.8 Å². The van der Waals surface area contributed by atoms with Crippen molar-refractivity contribution in [3.05, 3.63) is 18.2 Å². The Labute approximate surface area is 106 Å². The van der Waals surface area contributed by atoms with E-state index in [9.17, 15) is 4.79 Å². The molecular formula is C13H16N2O3. The standard InChI is InChI=1S/C13H16N2O3/c1-4-9(8-14)13(16)15-10-5-6-11(17-2)12(7-10)18-3/h5-7,9H,4H2,1-3H3,(H,15,16). The molecule has 1 atom stereocenters. The van der Waals surface area contributed by atoms with Crippen LogP contribution in [-0.4, -0.2) is 20.1 Å². The molecule has 1 aromatic rings. The Bertz CT molecular complexity index is 466. The Morgan fingerprint density at radius 1 is 1.39 bits per heavy atom. The summed E-state index contributed by atoms with van der Waals surface area (Å²) in [7, 11) is 3.06. The van der Waals surface area contributed by atoms with E-state index in [2.05, 4.69) is 5.32 Å². The lowest BCUT2D eigenvalue weighted by atomic mass is 10.1. The van der Waals surface area contributed by atoms with Crippen molar-refractivity contribution in [1.29, 1.82) is 5.26 Å². The number of carbonyl (C=O) groups excluding carboxylic acids is 1. The minimum Gasteiger partial charge on any atom is -0.493 e. The number of nitriles is 1.